The summed E-state index contributed by atoms with van der Waals surface area (Å²) in [4.78, 5) is 21.9. The smallest absolute Gasteiger partial charge is 0.255 e. The van der Waals surface area contributed by atoms with Crippen LogP contribution in [0.15, 0.2) is 97.6 Å². The van der Waals surface area contributed by atoms with Gasteiger partial charge in [-0.25, -0.2) is 14.6 Å². The third-order valence-corrected chi connectivity index (χ3v) is 5.36. The molecule has 0 unspecified atom stereocenters. The van der Waals surface area contributed by atoms with Crippen molar-refractivity contribution >= 4 is 5.91 Å². The first kappa shape index (κ1) is 20.4. The number of benzene rings is 2. The van der Waals surface area contributed by atoms with Crippen molar-refractivity contribution in [1.29, 1.82) is 0 Å². The van der Waals surface area contributed by atoms with Gasteiger partial charge in [0.2, 0.25) is 0 Å². The van der Waals surface area contributed by atoms with Crippen molar-refractivity contribution in [2.45, 2.75) is 13.5 Å². The molecule has 1 amide bonds. The highest BCUT2D eigenvalue weighted by Gasteiger charge is 2.18. The van der Waals surface area contributed by atoms with E-state index in [1.54, 1.807) is 23.3 Å². The summed E-state index contributed by atoms with van der Waals surface area (Å²) in [6, 6.07) is 23.3. The summed E-state index contributed by atoms with van der Waals surface area (Å²) >= 11 is 0. The van der Waals surface area contributed by atoms with Gasteiger partial charge in [-0.1, -0.05) is 48.5 Å². The average Bonchev–Trinajstić information content (AvgIpc) is 3.51. The van der Waals surface area contributed by atoms with Gasteiger partial charge < -0.3 is 5.32 Å². The fourth-order valence-corrected chi connectivity index (χ4v) is 3.66. The summed E-state index contributed by atoms with van der Waals surface area (Å²) in [6.07, 6.45) is 7.12. The lowest BCUT2D eigenvalue weighted by atomic mass is 10.1. The molecule has 0 radical (unpaired) electrons. The Bertz CT molecular complexity index is 1390. The van der Waals surface area contributed by atoms with E-state index in [1.807, 2.05) is 90.5 Å². The van der Waals surface area contributed by atoms with Crippen LogP contribution in [0.25, 0.3) is 22.8 Å². The van der Waals surface area contributed by atoms with Gasteiger partial charge in [0.05, 0.1) is 11.3 Å². The molecule has 7 heteroatoms. The monoisotopic (exact) mass is 434 g/mol. The lowest BCUT2D eigenvalue weighted by Crippen LogP contribution is -2.23. The molecule has 0 saturated heterocycles. The maximum Gasteiger partial charge on any atom is 0.255 e. The fourth-order valence-electron chi connectivity index (χ4n) is 3.66. The van der Waals surface area contributed by atoms with Gasteiger partial charge in [-0.3, -0.25) is 9.36 Å². The second-order valence-electron chi connectivity index (χ2n) is 7.59. The van der Waals surface area contributed by atoms with Crippen molar-refractivity contribution in [3.8, 4) is 22.8 Å². The van der Waals surface area contributed by atoms with Crippen molar-refractivity contribution in [2.75, 3.05) is 0 Å². The molecule has 0 bridgehead atoms. The van der Waals surface area contributed by atoms with E-state index < -0.39 is 0 Å². The summed E-state index contributed by atoms with van der Waals surface area (Å²) in [5, 5.41) is 7.75. The Kier molecular flexibility index (Phi) is 5.51. The number of hydrogen-bond acceptors (Lipinski definition) is 4. The molecule has 0 fully saturated rings. The third kappa shape index (κ3) is 4.29. The van der Waals surface area contributed by atoms with E-state index >= 15 is 0 Å². The molecule has 3 heterocycles. The summed E-state index contributed by atoms with van der Waals surface area (Å²) in [6.45, 7) is 2.29. The zero-order valence-corrected chi connectivity index (χ0v) is 18.1. The molecule has 3 aromatic heterocycles. The Hall–Kier alpha value is -4.52. The largest absolute Gasteiger partial charge is 0.348 e. The highest BCUT2D eigenvalue weighted by Crippen LogP contribution is 2.24. The maximum atomic E-state index is 13.2. The lowest BCUT2D eigenvalue weighted by Gasteiger charge is -2.08. The van der Waals surface area contributed by atoms with Crippen LogP contribution in [0.3, 0.4) is 0 Å². The standard InChI is InChI=1S/C26H22N6O/c1-19-27-14-15-31(19)24-16-20(12-13-28-24)17-29-26(33)23-18-32(22-10-6-3-7-11-22)30-25(23)21-8-4-2-5-9-21/h2-16,18H,17H2,1H3,(H,29,33). The van der Waals surface area contributed by atoms with Gasteiger partial charge in [0.15, 0.2) is 0 Å². The van der Waals surface area contributed by atoms with E-state index in [2.05, 4.69) is 15.3 Å². The van der Waals surface area contributed by atoms with Crippen molar-refractivity contribution in [2.24, 2.45) is 0 Å². The van der Waals surface area contributed by atoms with E-state index in [1.165, 1.54) is 0 Å². The van der Waals surface area contributed by atoms with E-state index in [0.29, 0.717) is 17.8 Å². The van der Waals surface area contributed by atoms with Crippen LogP contribution in [0.4, 0.5) is 0 Å². The highest BCUT2D eigenvalue weighted by atomic mass is 16.1. The van der Waals surface area contributed by atoms with E-state index in [4.69, 9.17) is 5.10 Å². The Morgan fingerprint density at radius 2 is 1.70 bits per heavy atom. The Balaban J connectivity index is 1.42. The number of rotatable bonds is 6. The minimum atomic E-state index is -0.187. The number of aromatic nitrogens is 5. The van der Waals surface area contributed by atoms with Gasteiger partial charge in [0, 0.05) is 36.9 Å². The summed E-state index contributed by atoms with van der Waals surface area (Å²) in [5.41, 5.74) is 3.88. The third-order valence-electron chi connectivity index (χ3n) is 5.36. The SMILES string of the molecule is Cc1nccn1-c1cc(CNC(=O)c2cn(-c3ccccc3)nc2-c2ccccc2)ccn1. The molecule has 33 heavy (non-hydrogen) atoms. The molecule has 0 saturated carbocycles. The quantitative estimate of drug-likeness (QED) is 0.431. The van der Waals surface area contributed by atoms with Gasteiger partial charge >= 0.3 is 0 Å². The molecule has 5 rings (SSSR count). The highest BCUT2D eigenvalue weighted by molar-refractivity contribution is 5.99. The molecule has 7 nitrogen and oxygen atoms in total. The average molecular weight is 435 g/mol. The Morgan fingerprint density at radius 3 is 2.42 bits per heavy atom. The number of carbonyl (C=O) groups excluding carboxylic acids is 1. The van der Waals surface area contributed by atoms with E-state index in [-0.39, 0.29) is 5.91 Å². The van der Waals surface area contributed by atoms with Crippen molar-refractivity contribution in [3.05, 3.63) is 115 Å². The van der Waals surface area contributed by atoms with Crippen molar-refractivity contribution in [3.63, 3.8) is 0 Å². The van der Waals surface area contributed by atoms with Gasteiger partial charge in [-0.2, -0.15) is 5.10 Å². The number of aryl methyl sites for hydroxylation is 1. The summed E-state index contributed by atoms with van der Waals surface area (Å²) in [5.74, 6) is 1.43. The predicted octanol–water partition coefficient (Wildman–Crippen LogP) is 4.36. The number of hydrogen-bond donors (Lipinski definition) is 1. The number of carbonyl (C=O) groups is 1. The van der Waals surface area contributed by atoms with E-state index in [0.717, 1.165) is 28.5 Å². The number of amides is 1. The zero-order valence-electron chi connectivity index (χ0n) is 18.1. The number of imidazole rings is 1. The number of pyridine rings is 1. The van der Waals surface area contributed by atoms with Crippen LogP contribution < -0.4 is 5.32 Å². The number of para-hydroxylation sites is 1. The Morgan fingerprint density at radius 1 is 0.939 bits per heavy atom. The topological polar surface area (TPSA) is 77.6 Å². The molecule has 0 aliphatic rings. The number of nitrogens with one attached hydrogen (secondary N) is 1. The zero-order chi connectivity index (χ0) is 22.6. The molecule has 5 aromatic rings. The van der Waals surface area contributed by atoms with Crippen LogP contribution in [0.2, 0.25) is 0 Å². The first-order chi connectivity index (χ1) is 16.2. The predicted molar refractivity (Wildman–Crippen MR) is 126 cm³/mol. The Labute approximate surface area is 191 Å². The fraction of sp³-hybridized carbons (Fsp3) is 0.0769. The van der Waals surface area contributed by atoms with Crippen LogP contribution in [0.1, 0.15) is 21.7 Å². The van der Waals surface area contributed by atoms with Gasteiger partial charge in [-0.05, 0) is 36.8 Å². The summed E-state index contributed by atoms with van der Waals surface area (Å²) < 4.78 is 3.65. The van der Waals surface area contributed by atoms with Crippen LogP contribution in [0, 0.1) is 6.92 Å². The lowest BCUT2D eigenvalue weighted by molar-refractivity contribution is 0.0951. The van der Waals surface area contributed by atoms with Gasteiger partial charge in [0.1, 0.15) is 17.3 Å². The molecule has 0 aliphatic carbocycles. The van der Waals surface area contributed by atoms with Gasteiger partial charge in [0.25, 0.3) is 5.91 Å². The minimum Gasteiger partial charge on any atom is -0.348 e. The molecule has 0 atom stereocenters. The minimum absolute atomic E-state index is 0.187. The van der Waals surface area contributed by atoms with Gasteiger partial charge in [-0.15, -0.1) is 0 Å². The molecular weight excluding hydrogens is 412 g/mol. The molecule has 0 spiro atoms. The van der Waals surface area contributed by atoms with Crippen LogP contribution in [-0.4, -0.2) is 30.2 Å². The van der Waals surface area contributed by atoms with Crippen molar-refractivity contribution in [1.82, 2.24) is 29.6 Å². The normalized spacial score (nSPS) is 10.8. The van der Waals surface area contributed by atoms with Crippen LogP contribution >= 0.6 is 0 Å². The second-order valence-corrected chi connectivity index (χ2v) is 7.59. The molecular formula is C26H22N6O. The molecule has 162 valence electrons. The van der Waals surface area contributed by atoms with Crippen molar-refractivity contribution < 1.29 is 4.79 Å². The summed E-state index contributed by atoms with van der Waals surface area (Å²) in [7, 11) is 0. The first-order valence-corrected chi connectivity index (χ1v) is 10.6. The van der Waals surface area contributed by atoms with E-state index in [9.17, 15) is 4.79 Å². The molecule has 2 aromatic carbocycles. The molecule has 0 aliphatic heterocycles. The van der Waals surface area contributed by atoms with Crippen LogP contribution in [0.5, 0.6) is 0 Å². The van der Waals surface area contributed by atoms with Crippen LogP contribution in [-0.2, 0) is 6.54 Å². The number of nitrogens with zero attached hydrogens (tertiary/aromatic N) is 5. The molecule has 1 N–H and O–H groups in total. The first-order valence-electron chi connectivity index (χ1n) is 10.6. The maximum absolute atomic E-state index is 13.2. The second kappa shape index (κ2) is 8.92.